The standard InChI is InChI=1S/C17H18N2OS/c1-2-13-5-7-15(8-6-13)17(20)19-11-16-10-14(12-21-16)4-3-9-18/h5-8,10,12H,2,9,11,18H2,1H3,(H,19,20). The van der Waals surface area contributed by atoms with E-state index in [-0.39, 0.29) is 5.91 Å². The molecule has 0 aliphatic rings. The quantitative estimate of drug-likeness (QED) is 0.852. The molecule has 0 saturated heterocycles. The van der Waals surface area contributed by atoms with Crippen LogP contribution in [0.25, 0.3) is 0 Å². The number of nitrogens with two attached hydrogens (primary N) is 1. The fourth-order valence-electron chi connectivity index (χ4n) is 1.85. The first-order valence-electron chi connectivity index (χ1n) is 6.86. The zero-order valence-electron chi connectivity index (χ0n) is 12.0. The average Bonchev–Trinajstić information content (AvgIpc) is 2.98. The molecule has 0 aliphatic carbocycles. The number of thiophene rings is 1. The highest BCUT2D eigenvalue weighted by molar-refractivity contribution is 7.10. The summed E-state index contributed by atoms with van der Waals surface area (Å²) in [7, 11) is 0. The van der Waals surface area contributed by atoms with Crippen LogP contribution >= 0.6 is 11.3 Å². The number of hydrogen-bond donors (Lipinski definition) is 2. The van der Waals surface area contributed by atoms with Gasteiger partial charge in [-0.3, -0.25) is 4.79 Å². The summed E-state index contributed by atoms with van der Waals surface area (Å²) in [5.74, 6) is 5.74. The third-order valence-corrected chi connectivity index (χ3v) is 3.97. The van der Waals surface area contributed by atoms with Crippen LogP contribution in [-0.2, 0) is 13.0 Å². The Morgan fingerprint density at radius 2 is 2.10 bits per heavy atom. The minimum Gasteiger partial charge on any atom is -0.347 e. The Bertz CT molecular complexity index is 662. The van der Waals surface area contributed by atoms with Crippen LogP contribution in [0.1, 0.15) is 33.3 Å². The lowest BCUT2D eigenvalue weighted by molar-refractivity contribution is 0.0951. The highest BCUT2D eigenvalue weighted by Gasteiger charge is 2.06. The maximum absolute atomic E-state index is 12.0. The Kier molecular flexibility index (Phi) is 5.56. The number of carbonyl (C=O) groups is 1. The molecule has 3 nitrogen and oxygen atoms in total. The first-order chi connectivity index (χ1) is 10.2. The zero-order chi connectivity index (χ0) is 15.1. The van der Waals surface area contributed by atoms with E-state index in [1.165, 1.54) is 5.56 Å². The second kappa shape index (κ2) is 7.63. The van der Waals surface area contributed by atoms with Crippen molar-refractivity contribution < 1.29 is 4.79 Å². The molecular formula is C17H18N2OS. The molecule has 0 atom stereocenters. The first-order valence-corrected chi connectivity index (χ1v) is 7.74. The molecule has 108 valence electrons. The van der Waals surface area contributed by atoms with Crippen molar-refractivity contribution in [3.05, 3.63) is 57.3 Å². The molecule has 21 heavy (non-hydrogen) atoms. The third kappa shape index (κ3) is 4.45. The van der Waals surface area contributed by atoms with Gasteiger partial charge in [0.25, 0.3) is 5.91 Å². The molecule has 1 heterocycles. The number of hydrogen-bond acceptors (Lipinski definition) is 3. The second-order valence-electron chi connectivity index (χ2n) is 4.54. The lowest BCUT2D eigenvalue weighted by Crippen LogP contribution is -2.22. The van der Waals surface area contributed by atoms with Crippen molar-refractivity contribution in [2.45, 2.75) is 19.9 Å². The van der Waals surface area contributed by atoms with Crippen LogP contribution in [0.5, 0.6) is 0 Å². The van der Waals surface area contributed by atoms with Crippen LogP contribution in [0.15, 0.2) is 35.7 Å². The monoisotopic (exact) mass is 298 g/mol. The SMILES string of the molecule is CCc1ccc(C(=O)NCc2cc(C#CCN)cs2)cc1. The van der Waals surface area contributed by atoms with Crippen molar-refractivity contribution in [2.24, 2.45) is 5.73 Å². The van der Waals surface area contributed by atoms with Gasteiger partial charge in [-0.05, 0) is 30.2 Å². The fraction of sp³-hybridized carbons (Fsp3) is 0.235. The molecule has 1 amide bonds. The summed E-state index contributed by atoms with van der Waals surface area (Å²) in [6.07, 6.45) is 0.976. The van der Waals surface area contributed by atoms with Crippen molar-refractivity contribution in [1.82, 2.24) is 5.32 Å². The maximum atomic E-state index is 12.0. The van der Waals surface area contributed by atoms with Crippen molar-refractivity contribution in [3.63, 3.8) is 0 Å². The second-order valence-corrected chi connectivity index (χ2v) is 5.54. The van der Waals surface area contributed by atoms with Crippen LogP contribution in [0, 0.1) is 11.8 Å². The van der Waals surface area contributed by atoms with E-state index < -0.39 is 0 Å². The van der Waals surface area contributed by atoms with E-state index in [2.05, 4.69) is 24.1 Å². The van der Waals surface area contributed by atoms with E-state index in [9.17, 15) is 4.79 Å². The van der Waals surface area contributed by atoms with Crippen LogP contribution in [0.3, 0.4) is 0 Å². The normalized spacial score (nSPS) is 9.81. The van der Waals surface area contributed by atoms with Gasteiger partial charge in [0, 0.05) is 21.4 Å². The highest BCUT2D eigenvalue weighted by atomic mass is 32.1. The number of benzene rings is 1. The number of rotatable bonds is 4. The Labute approximate surface area is 129 Å². The topological polar surface area (TPSA) is 55.1 Å². The minimum atomic E-state index is -0.0550. The first kappa shape index (κ1) is 15.3. The molecule has 1 aromatic carbocycles. The fourth-order valence-corrected chi connectivity index (χ4v) is 2.61. The van der Waals surface area contributed by atoms with Crippen LogP contribution < -0.4 is 11.1 Å². The number of nitrogens with one attached hydrogen (secondary N) is 1. The van der Waals surface area contributed by atoms with Crippen molar-refractivity contribution in [1.29, 1.82) is 0 Å². The molecule has 4 heteroatoms. The van der Waals surface area contributed by atoms with E-state index in [0.29, 0.717) is 18.7 Å². The lowest BCUT2D eigenvalue weighted by atomic mass is 10.1. The molecule has 0 unspecified atom stereocenters. The molecule has 0 radical (unpaired) electrons. The molecule has 0 bridgehead atoms. The summed E-state index contributed by atoms with van der Waals surface area (Å²) in [6.45, 7) is 2.97. The van der Waals surface area contributed by atoms with E-state index >= 15 is 0 Å². The molecule has 2 aromatic rings. The summed E-state index contributed by atoms with van der Waals surface area (Å²) >= 11 is 1.59. The summed E-state index contributed by atoms with van der Waals surface area (Å²) in [5, 5.41) is 4.89. The minimum absolute atomic E-state index is 0.0550. The van der Waals surface area contributed by atoms with Gasteiger partial charge in [-0.15, -0.1) is 11.3 Å². The van der Waals surface area contributed by atoms with Crippen LogP contribution in [-0.4, -0.2) is 12.5 Å². The van der Waals surface area contributed by atoms with Crippen LogP contribution in [0.2, 0.25) is 0 Å². The van der Waals surface area contributed by atoms with Gasteiger partial charge in [0.15, 0.2) is 0 Å². The largest absolute Gasteiger partial charge is 0.347 e. The van der Waals surface area contributed by atoms with Gasteiger partial charge in [0.2, 0.25) is 0 Å². The van der Waals surface area contributed by atoms with Crippen molar-refractivity contribution in [2.75, 3.05) is 6.54 Å². The Morgan fingerprint density at radius 3 is 2.76 bits per heavy atom. The van der Waals surface area contributed by atoms with E-state index in [4.69, 9.17) is 5.73 Å². The van der Waals surface area contributed by atoms with Gasteiger partial charge in [-0.25, -0.2) is 0 Å². The number of carbonyl (C=O) groups excluding carboxylic acids is 1. The summed E-state index contributed by atoms with van der Waals surface area (Å²) < 4.78 is 0. The van der Waals surface area contributed by atoms with Gasteiger partial charge in [0.05, 0.1) is 13.1 Å². The van der Waals surface area contributed by atoms with E-state index in [0.717, 1.165) is 16.9 Å². The van der Waals surface area contributed by atoms with Crippen molar-refractivity contribution in [3.8, 4) is 11.8 Å². The summed E-state index contributed by atoms with van der Waals surface area (Å²) in [4.78, 5) is 13.1. The lowest BCUT2D eigenvalue weighted by Gasteiger charge is -2.04. The van der Waals surface area contributed by atoms with Gasteiger partial charge in [0.1, 0.15) is 0 Å². The molecule has 2 rings (SSSR count). The van der Waals surface area contributed by atoms with E-state index in [1.54, 1.807) is 11.3 Å². The van der Waals surface area contributed by atoms with E-state index in [1.807, 2.05) is 35.7 Å². The molecule has 0 fully saturated rings. The molecule has 0 aliphatic heterocycles. The van der Waals surface area contributed by atoms with Crippen LogP contribution in [0.4, 0.5) is 0 Å². The van der Waals surface area contributed by atoms with Gasteiger partial charge < -0.3 is 11.1 Å². The maximum Gasteiger partial charge on any atom is 0.251 e. The summed E-state index contributed by atoms with van der Waals surface area (Å²) in [6, 6.07) is 9.68. The van der Waals surface area contributed by atoms with Gasteiger partial charge in [-0.2, -0.15) is 0 Å². The Morgan fingerprint density at radius 1 is 1.33 bits per heavy atom. The number of amides is 1. The highest BCUT2D eigenvalue weighted by Crippen LogP contribution is 2.14. The van der Waals surface area contributed by atoms with Gasteiger partial charge in [-0.1, -0.05) is 30.9 Å². The average molecular weight is 298 g/mol. The molecule has 3 N–H and O–H groups in total. The Balaban J connectivity index is 1.92. The number of aryl methyl sites for hydroxylation is 1. The molecule has 0 spiro atoms. The Hall–Kier alpha value is -2.09. The molecule has 0 saturated carbocycles. The zero-order valence-corrected chi connectivity index (χ0v) is 12.8. The molecule has 1 aromatic heterocycles. The smallest absolute Gasteiger partial charge is 0.251 e. The predicted octanol–water partition coefficient (Wildman–Crippen LogP) is 2.55. The third-order valence-electron chi connectivity index (χ3n) is 3.04. The van der Waals surface area contributed by atoms with Gasteiger partial charge >= 0.3 is 0 Å². The summed E-state index contributed by atoms with van der Waals surface area (Å²) in [5.41, 5.74) is 8.20. The molecular weight excluding hydrogens is 280 g/mol. The van der Waals surface area contributed by atoms with Crippen molar-refractivity contribution >= 4 is 17.2 Å². The predicted molar refractivity (Wildman–Crippen MR) is 87.2 cm³/mol.